The summed E-state index contributed by atoms with van der Waals surface area (Å²) >= 11 is 0. The van der Waals surface area contributed by atoms with Crippen molar-refractivity contribution in [2.75, 3.05) is 13.1 Å². The van der Waals surface area contributed by atoms with Crippen LogP contribution in [0.25, 0.3) is 0 Å². The van der Waals surface area contributed by atoms with Crippen molar-refractivity contribution in [1.82, 2.24) is 4.90 Å². The predicted octanol–water partition coefficient (Wildman–Crippen LogP) is 3.30. The normalized spacial score (nSPS) is 19.6. The summed E-state index contributed by atoms with van der Waals surface area (Å²) in [6.45, 7) is 7.94. The Balaban J connectivity index is 1.99. The van der Waals surface area contributed by atoms with Crippen molar-refractivity contribution in [3.63, 3.8) is 0 Å². The maximum atomic E-state index is 13.8. The molecule has 2 nitrogen and oxygen atoms in total. The number of piperidine rings is 1. The second-order valence-electron chi connectivity index (χ2n) is 6.07. The highest BCUT2D eigenvalue weighted by atomic mass is 19.1. The Kier molecular flexibility index (Phi) is 4.58. The molecule has 0 aromatic heterocycles. The van der Waals surface area contributed by atoms with Gasteiger partial charge in [0.25, 0.3) is 0 Å². The molecule has 1 saturated heterocycles. The molecule has 2 N–H and O–H groups in total. The van der Waals surface area contributed by atoms with Gasteiger partial charge in [-0.25, -0.2) is 4.39 Å². The van der Waals surface area contributed by atoms with Crippen LogP contribution in [0.15, 0.2) is 18.2 Å². The number of likely N-dealkylation sites (tertiary alicyclic amines) is 1. The third-order valence-electron chi connectivity index (χ3n) is 4.66. The average molecular weight is 264 g/mol. The topological polar surface area (TPSA) is 29.3 Å². The molecule has 0 aliphatic carbocycles. The van der Waals surface area contributed by atoms with E-state index in [-0.39, 0.29) is 5.82 Å². The zero-order valence-electron chi connectivity index (χ0n) is 12.1. The molecule has 1 aliphatic rings. The summed E-state index contributed by atoms with van der Waals surface area (Å²) in [5, 5.41) is 0. The minimum atomic E-state index is -0.110. The molecule has 0 bridgehead atoms. The van der Waals surface area contributed by atoms with Gasteiger partial charge in [-0.15, -0.1) is 0 Å². The second kappa shape index (κ2) is 6.02. The van der Waals surface area contributed by atoms with Gasteiger partial charge in [-0.1, -0.05) is 32.4 Å². The summed E-state index contributed by atoms with van der Waals surface area (Å²) in [5.74, 6) is -0.110. The Labute approximate surface area is 115 Å². The lowest BCUT2D eigenvalue weighted by Gasteiger charge is -2.39. The molecule has 0 unspecified atom stereocenters. The van der Waals surface area contributed by atoms with Gasteiger partial charge in [0.2, 0.25) is 0 Å². The van der Waals surface area contributed by atoms with Crippen LogP contribution in [0.3, 0.4) is 0 Å². The Morgan fingerprint density at radius 3 is 2.58 bits per heavy atom. The molecule has 2 rings (SSSR count). The van der Waals surface area contributed by atoms with E-state index in [0.29, 0.717) is 18.5 Å². The van der Waals surface area contributed by atoms with E-state index in [1.165, 1.54) is 25.3 Å². The molecule has 0 saturated carbocycles. The van der Waals surface area contributed by atoms with Crippen molar-refractivity contribution < 1.29 is 4.39 Å². The fraction of sp³-hybridized carbons (Fsp3) is 0.625. The van der Waals surface area contributed by atoms with E-state index < -0.39 is 0 Å². The Morgan fingerprint density at radius 2 is 2.00 bits per heavy atom. The maximum absolute atomic E-state index is 13.8. The van der Waals surface area contributed by atoms with Crippen LogP contribution in [0.5, 0.6) is 0 Å². The van der Waals surface area contributed by atoms with Crippen LogP contribution in [0.2, 0.25) is 0 Å². The average Bonchev–Trinajstić information content (AvgIpc) is 2.44. The number of benzene rings is 1. The predicted molar refractivity (Wildman–Crippen MR) is 77.2 cm³/mol. The van der Waals surface area contributed by atoms with Crippen LogP contribution in [0.1, 0.15) is 44.2 Å². The minimum Gasteiger partial charge on any atom is -0.326 e. The third-order valence-corrected chi connectivity index (χ3v) is 4.66. The standard InChI is InChI=1S/C16H25FN2/c1-3-16(2)6-8-19(9-7-16)12-14-10-13(11-18)4-5-15(14)17/h4-5,10H,3,6-9,11-12,18H2,1-2H3. The van der Waals surface area contributed by atoms with E-state index in [1.807, 2.05) is 6.07 Å². The Bertz CT molecular complexity index is 423. The van der Waals surface area contributed by atoms with Crippen molar-refractivity contribution in [2.24, 2.45) is 11.1 Å². The number of nitrogens with two attached hydrogens (primary N) is 1. The highest BCUT2D eigenvalue weighted by Crippen LogP contribution is 2.34. The van der Waals surface area contributed by atoms with Crippen molar-refractivity contribution in [3.8, 4) is 0 Å². The van der Waals surface area contributed by atoms with Crippen molar-refractivity contribution in [3.05, 3.63) is 35.1 Å². The van der Waals surface area contributed by atoms with Crippen LogP contribution in [-0.2, 0) is 13.1 Å². The first kappa shape index (κ1) is 14.5. The zero-order valence-corrected chi connectivity index (χ0v) is 12.1. The molecule has 3 heteroatoms. The quantitative estimate of drug-likeness (QED) is 0.904. The summed E-state index contributed by atoms with van der Waals surface area (Å²) in [4.78, 5) is 2.36. The minimum absolute atomic E-state index is 0.110. The van der Waals surface area contributed by atoms with Crippen LogP contribution in [-0.4, -0.2) is 18.0 Å². The van der Waals surface area contributed by atoms with Crippen LogP contribution in [0.4, 0.5) is 4.39 Å². The lowest BCUT2D eigenvalue weighted by Crippen LogP contribution is -2.38. The van der Waals surface area contributed by atoms with E-state index in [9.17, 15) is 4.39 Å². The fourth-order valence-corrected chi connectivity index (χ4v) is 2.72. The van der Waals surface area contributed by atoms with Gasteiger partial charge in [0.05, 0.1) is 0 Å². The first-order chi connectivity index (χ1) is 9.06. The van der Waals surface area contributed by atoms with Gasteiger partial charge in [0.15, 0.2) is 0 Å². The summed E-state index contributed by atoms with van der Waals surface area (Å²) in [6, 6.07) is 5.21. The van der Waals surface area contributed by atoms with Crippen LogP contribution < -0.4 is 5.73 Å². The molecule has 19 heavy (non-hydrogen) atoms. The van der Waals surface area contributed by atoms with Gasteiger partial charge in [-0.3, -0.25) is 4.90 Å². The molecule has 1 aromatic rings. The first-order valence-electron chi connectivity index (χ1n) is 7.26. The van der Waals surface area contributed by atoms with Crippen LogP contribution >= 0.6 is 0 Å². The van der Waals surface area contributed by atoms with E-state index in [4.69, 9.17) is 5.73 Å². The number of halogens is 1. The highest BCUT2D eigenvalue weighted by molar-refractivity contribution is 5.25. The van der Waals surface area contributed by atoms with E-state index in [2.05, 4.69) is 18.7 Å². The SMILES string of the molecule is CCC1(C)CCN(Cc2cc(CN)ccc2F)CC1. The first-order valence-corrected chi connectivity index (χ1v) is 7.26. The summed E-state index contributed by atoms with van der Waals surface area (Å²) in [6.07, 6.45) is 3.65. The smallest absolute Gasteiger partial charge is 0.127 e. The summed E-state index contributed by atoms with van der Waals surface area (Å²) < 4.78 is 13.8. The maximum Gasteiger partial charge on any atom is 0.127 e. The molecule has 1 heterocycles. The van der Waals surface area contributed by atoms with E-state index in [0.717, 1.165) is 24.2 Å². The largest absolute Gasteiger partial charge is 0.326 e. The van der Waals surface area contributed by atoms with Gasteiger partial charge in [-0.05, 0) is 43.0 Å². The van der Waals surface area contributed by atoms with Crippen LogP contribution in [0, 0.1) is 11.2 Å². The zero-order chi connectivity index (χ0) is 13.9. The molecule has 0 radical (unpaired) electrons. The molecular weight excluding hydrogens is 239 g/mol. The summed E-state index contributed by atoms with van der Waals surface area (Å²) in [5.41, 5.74) is 7.89. The summed E-state index contributed by atoms with van der Waals surface area (Å²) in [7, 11) is 0. The molecule has 0 amide bonds. The molecule has 0 spiro atoms. The molecule has 1 fully saturated rings. The Morgan fingerprint density at radius 1 is 1.32 bits per heavy atom. The number of nitrogens with zero attached hydrogens (tertiary/aromatic N) is 1. The van der Waals surface area contributed by atoms with Gasteiger partial charge in [0.1, 0.15) is 5.82 Å². The third kappa shape index (κ3) is 3.54. The molecule has 106 valence electrons. The molecule has 0 atom stereocenters. The van der Waals surface area contributed by atoms with Gasteiger partial charge in [0, 0.05) is 18.7 Å². The van der Waals surface area contributed by atoms with Gasteiger partial charge >= 0.3 is 0 Å². The van der Waals surface area contributed by atoms with E-state index >= 15 is 0 Å². The molecular formula is C16H25FN2. The number of rotatable bonds is 4. The lowest BCUT2D eigenvalue weighted by atomic mass is 9.78. The fourth-order valence-electron chi connectivity index (χ4n) is 2.72. The monoisotopic (exact) mass is 264 g/mol. The van der Waals surface area contributed by atoms with Crippen molar-refractivity contribution in [1.29, 1.82) is 0 Å². The number of hydrogen-bond donors (Lipinski definition) is 1. The van der Waals surface area contributed by atoms with Crippen molar-refractivity contribution >= 4 is 0 Å². The number of hydrogen-bond acceptors (Lipinski definition) is 2. The van der Waals surface area contributed by atoms with Gasteiger partial charge in [-0.2, -0.15) is 0 Å². The van der Waals surface area contributed by atoms with Gasteiger partial charge < -0.3 is 5.73 Å². The van der Waals surface area contributed by atoms with Crippen molar-refractivity contribution in [2.45, 2.75) is 46.2 Å². The second-order valence-corrected chi connectivity index (χ2v) is 6.07. The lowest BCUT2D eigenvalue weighted by molar-refractivity contribution is 0.109. The Hall–Kier alpha value is -0.930. The molecule has 1 aliphatic heterocycles. The van der Waals surface area contributed by atoms with E-state index in [1.54, 1.807) is 6.07 Å². The highest BCUT2D eigenvalue weighted by Gasteiger charge is 2.28. The molecule has 1 aromatic carbocycles.